The van der Waals surface area contributed by atoms with Crippen LogP contribution >= 0.6 is 11.3 Å². The quantitative estimate of drug-likeness (QED) is 0.428. The molecule has 3 aromatic heterocycles. The highest BCUT2D eigenvalue weighted by Gasteiger charge is 2.15. The van der Waals surface area contributed by atoms with Crippen LogP contribution in [-0.4, -0.2) is 40.4 Å². The number of hydrogen-bond donors (Lipinski definition) is 3. The lowest BCUT2D eigenvalue weighted by Gasteiger charge is -2.10. The fraction of sp³-hybridized carbons (Fsp3) is 0.136. The lowest BCUT2D eigenvalue weighted by atomic mass is 10.2. The Balaban J connectivity index is 1.53. The minimum absolute atomic E-state index is 0.184. The molecule has 4 rings (SSSR count). The molecule has 2 amide bonds. The van der Waals surface area contributed by atoms with E-state index in [9.17, 15) is 9.59 Å². The molecule has 0 radical (unpaired) electrons. The first-order valence-electron chi connectivity index (χ1n) is 9.68. The molecular weight excluding hydrogens is 412 g/mol. The highest BCUT2D eigenvalue weighted by atomic mass is 32.1. The van der Waals surface area contributed by atoms with E-state index in [1.807, 2.05) is 37.3 Å². The summed E-state index contributed by atoms with van der Waals surface area (Å²) < 4.78 is 0. The third kappa shape index (κ3) is 4.36. The van der Waals surface area contributed by atoms with Crippen molar-refractivity contribution in [1.29, 1.82) is 0 Å². The lowest BCUT2D eigenvalue weighted by molar-refractivity contribution is 0.0962. The van der Waals surface area contributed by atoms with E-state index in [2.05, 4.69) is 30.9 Å². The van der Waals surface area contributed by atoms with Crippen LogP contribution in [0.15, 0.2) is 54.9 Å². The van der Waals surface area contributed by atoms with Crippen molar-refractivity contribution in [1.82, 2.24) is 20.3 Å². The summed E-state index contributed by atoms with van der Waals surface area (Å²) in [4.78, 5) is 39.1. The smallest absolute Gasteiger partial charge is 0.265 e. The number of benzene rings is 1. The molecule has 0 aliphatic heterocycles. The molecule has 3 heterocycles. The summed E-state index contributed by atoms with van der Waals surface area (Å²) in [5.41, 5.74) is 1.81. The molecule has 3 N–H and O–H groups in total. The summed E-state index contributed by atoms with van der Waals surface area (Å²) in [6, 6.07) is 12.9. The fourth-order valence-corrected chi connectivity index (χ4v) is 3.90. The molecule has 4 aromatic rings. The third-order valence-electron chi connectivity index (χ3n) is 4.52. The predicted molar refractivity (Wildman–Crippen MR) is 123 cm³/mol. The van der Waals surface area contributed by atoms with Crippen LogP contribution in [0.1, 0.15) is 27.0 Å². The van der Waals surface area contributed by atoms with Crippen molar-refractivity contribution < 1.29 is 9.59 Å². The number of anilines is 2. The molecule has 8 nitrogen and oxygen atoms in total. The predicted octanol–water partition coefficient (Wildman–Crippen LogP) is 3.80. The normalized spacial score (nSPS) is 10.6. The van der Waals surface area contributed by atoms with Gasteiger partial charge in [0.1, 0.15) is 16.2 Å². The zero-order valence-corrected chi connectivity index (χ0v) is 17.8. The monoisotopic (exact) mass is 432 g/mol. The number of hydrogen-bond acceptors (Lipinski definition) is 7. The summed E-state index contributed by atoms with van der Waals surface area (Å²) in [7, 11) is 1.56. The molecule has 0 fully saturated rings. The molecule has 0 aliphatic rings. The Bertz CT molecular complexity index is 1220. The number of rotatable bonds is 6. The number of aromatic nitrogens is 3. The standard InChI is InChI=1S/C22H20N6O2S/c1-3-24-19-16(20(29)23-2)12-26-18(28-19)13-6-8-15(9-7-13)27-21(30)17-11-14-5-4-10-25-22(14)31-17/h4-12H,3H2,1-2H3,(H,23,29)(H,27,30)(H,24,26,28). The zero-order valence-electron chi connectivity index (χ0n) is 17.0. The van der Waals surface area contributed by atoms with Crippen molar-refractivity contribution >= 4 is 44.9 Å². The van der Waals surface area contributed by atoms with Gasteiger partial charge in [-0.3, -0.25) is 9.59 Å². The first kappa shape index (κ1) is 20.4. The Morgan fingerprint density at radius 1 is 1.06 bits per heavy atom. The molecule has 0 spiro atoms. The minimum atomic E-state index is -0.253. The molecule has 1 aromatic carbocycles. The highest BCUT2D eigenvalue weighted by Crippen LogP contribution is 2.25. The molecule has 0 unspecified atom stereocenters. The van der Waals surface area contributed by atoms with E-state index >= 15 is 0 Å². The van der Waals surface area contributed by atoms with Gasteiger partial charge in [-0.2, -0.15) is 0 Å². The largest absolute Gasteiger partial charge is 0.370 e. The van der Waals surface area contributed by atoms with E-state index < -0.39 is 0 Å². The maximum atomic E-state index is 12.6. The second-order valence-electron chi connectivity index (χ2n) is 6.61. The average Bonchev–Trinajstić information content (AvgIpc) is 3.24. The number of nitrogens with zero attached hydrogens (tertiary/aromatic N) is 3. The van der Waals surface area contributed by atoms with Crippen molar-refractivity contribution in [2.24, 2.45) is 0 Å². The van der Waals surface area contributed by atoms with Crippen LogP contribution in [0.3, 0.4) is 0 Å². The second kappa shape index (κ2) is 8.88. The molecule has 9 heteroatoms. The van der Waals surface area contributed by atoms with Crippen molar-refractivity contribution in [3.8, 4) is 11.4 Å². The molecule has 0 aliphatic carbocycles. The Hall–Kier alpha value is -3.85. The van der Waals surface area contributed by atoms with E-state index in [0.29, 0.717) is 34.3 Å². The van der Waals surface area contributed by atoms with E-state index in [1.54, 1.807) is 25.4 Å². The van der Waals surface area contributed by atoms with Crippen molar-refractivity contribution in [2.45, 2.75) is 6.92 Å². The number of carbonyl (C=O) groups is 2. The van der Waals surface area contributed by atoms with Gasteiger partial charge in [0, 0.05) is 42.6 Å². The molecular formula is C22H20N6O2S. The minimum Gasteiger partial charge on any atom is -0.370 e. The van der Waals surface area contributed by atoms with Gasteiger partial charge in [-0.1, -0.05) is 6.07 Å². The molecule has 31 heavy (non-hydrogen) atoms. The van der Waals surface area contributed by atoms with E-state index in [-0.39, 0.29) is 11.8 Å². The fourth-order valence-electron chi connectivity index (χ4n) is 3.00. The summed E-state index contributed by atoms with van der Waals surface area (Å²) in [5.74, 6) is 0.521. The second-order valence-corrected chi connectivity index (χ2v) is 7.64. The Morgan fingerprint density at radius 2 is 1.87 bits per heavy atom. The number of carbonyl (C=O) groups excluding carboxylic acids is 2. The van der Waals surface area contributed by atoms with E-state index in [0.717, 1.165) is 15.8 Å². The lowest BCUT2D eigenvalue weighted by Crippen LogP contribution is -2.21. The number of fused-ring (bicyclic) bond motifs is 1. The van der Waals surface area contributed by atoms with Crippen molar-refractivity contribution in [3.63, 3.8) is 0 Å². The van der Waals surface area contributed by atoms with Gasteiger partial charge in [-0.05, 0) is 43.3 Å². The number of nitrogens with one attached hydrogen (secondary N) is 3. The summed E-state index contributed by atoms with van der Waals surface area (Å²) in [6.45, 7) is 2.55. The van der Waals surface area contributed by atoms with Crippen molar-refractivity contribution in [2.75, 3.05) is 24.2 Å². The molecule has 156 valence electrons. The van der Waals surface area contributed by atoms with Gasteiger partial charge in [0.05, 0.1) is 4.88 Å². The molecule has 0 saturated heterocycles. The summed E-state index contributed by atoms with van der Waals surface area (Å²) in [5, 5.41) is 9.52. The van der Waals surface area contributed by atoms with Gasteiger partial charge >= 0.3 is 0 Å². The van der Waals surface area contributed by atoms with Crippen LogP contribution in [-0.2, 0) is 0 Å². The maximum Gasteiger partial charge on any atom is 0.265 e. The SMILES string of the molecule is CCNc1nc(-c2ccc(NC(=O)c3cc4cccnc4s3)cc2)ncc1C(=O)NC. The number of pyridine rings is 1. The third-order valence-corrected chi connectivity index (χ3v) is 5.58. The summed E-state index contributed by atoms with van der Waals surface area (Å²) >= 11 is 1.35. The first-order valence-corrected chi connectivity index (χ1v) is 10.5. The first-order chi connectivity index (χ1) is 15.1. The van der Waals surface area contributed by atoms with Crippen LogP contribution in [0.4, 0.5) is 11.5 Å². The average molecular weight is 433 g/mol. The van der Waals surface area contributed by atoms with Gasteiger partial charge in [-0.15, -0.1) is 11.3 Å². The molecule has 0 atom stereocenters. The number of thiophene rings is 1. The zero-order chi connectivity index (χ0) is 21.8. The van der Waals surface area contributed by atoms with Gasteiger partial charge in [0.2, 0.25) is 0 Å². The van der Waals surface area contributed by atoms with Gasteiger partial charge < -0.3 is 16.0 Å². The topological polar surface area (TPSA) is 109 Å². The van der Waals surface area contributed by atoms with Crippen LogP contribution in [0, 0.1) is 0 Å². The summed E-state index contributed by atoms with van der Waals surface area (Å²) in [6.07, 6.45) is 3.22. The van der Waals surface area contributed by atoms with E-state index in [4.69, 9.17) is 0 Å². The van der Waals surface area contributed by atoms with Gasteiger partial charge in [0.15, 0.2) is 5.82 Å². The Kier molecular flexibility index (Phi) is 5.85. The van der Waals surface area contributed by atoms with Crippen LogP contribution < -0.4 is 16.0 Å². The Morgan fingerprint density at radius 3 is 2.58 bits per heavy atom. The maximum absolute atomic E-state index is 12.6. The van der Waals surface area contributed by atoms with Crippen LogP contribution in [0.5, 0.6) is 0 Å². The van der Waals surface area contributed by atoms with Crippen LogP contribution in [0.2, 0.25) is 0 Å². The molecule has 0 bridgehead atoms. The Labute approximate surface area is 182 Å². The van der Waals surface area contributed by atoms with E-state index in [1.165, 1.54) is 17.5 Å². The van der Waals surface area contributed by atoms with Crippen molar-refractivity contribution in [3.05, 3.63) is 65.3 Å². The van der Waals surface area contributed by atoms with Crippen LogP contribution in [0.25, 0.3) is 21.6 Å². The molecule has 0 saturated carbocycles. The van der Waals surface area contributed by atoms with Gasteiger partial charge in [-0.25, -0.2) is 15.0 Å². The van der Waals surface area contributed by atoms with Gasteiger partial charge in [0.25, 0.3) is 11.8 Å². The highest BCUT2D eigenvalue weighted by molar-refractivity contribution is 7.20. The number of amides is 2.